The summed E-state index contributed by atoms with van der Waals surface area (Å²) in [5.74, 6) is 0.513. The number of nitrogens with zero attached hydrogens (tertiary/aromatic N) is 6. The van der Waals surface area contributed by atoms with Gasteiger partial charge in [0.1, 0.15) is 0 Å². The van der Waals surface area contributed by atoms with Gasteiger partial charge in [-0.2, -0.15) is 5.10 Å². The smallest absolute Gasteiger partial charge is 0.228 e. The first kappa shape index (κ1) is 22.4. The summed E-state index contributed by atoms with van der Waals surface area (Å²) in [4.78, 5) is 36.1. The van der Waals surface area contributed by atoms with Crippen molar-refractivity contribution in [1.29, 1.82) is 0 Å². The first-order chi connectivity index (χ1) is 16.4. The van der Waals surface area contributed by atoms with Crippen molar-refractivity contribution >= 4 is 34.8 Å². The number of rotatable bonds is 4. The molecule has 3 aromatic rings. The molecule has 1 aromatic carbocycles. The van der Waals surface area contributed by atoms with E-state index in [0.29, 0.717) is 24.7 Å². The van der Waals surface area contributed by atoms with Crippen LogP contribution in [0.1, 0.15) is 17.8 Å². The van der Waals surface area contributed by atoms with Crippen molar-refractivity contribution in [2.45, 2.75) is 20.3 Å². The van der Waals surface area contributed by atoms with Crippen LogP contribution in [0.4, 0.5) is 11.4 Å². The van der Waals surface area contributed by atoms with E-state index < -0.39 is 0 Å². The summed E-state index contributed by atoms with van der Waals surface area (Å²) in [6.45, 7) is 7.17. The van der Waals surface area contributed by atoms with Crippen molar-refractivity contribution < 1.29 is 9.59 Å². The number of carbonyl (C=O) groups excluding carboxylic acids is 2. The number of hydrogen-bond acceptors (Lipinski definition) is 5. The molecule has 1 atom stereocenters. The predicted molar refractivity (Wildman–Crippen MR) is 132 cm³/mol. The lowest BCUT2D eigenvalue weighted by Crippen LogP contribution is -2.51. The molecule has 2 aromatic heterocycles. The predicted octanol–water partition coefficient (Wildman–Crippen LogP) is 3.24. The van der Waals surface area contributed by atoms with Crippen LogP contribution < -0.4 is 9.80 Å². The summed E-state index contributed by atoms with van der Waals surface area (Å²) in [7, 11) is 0. The van der Waals surface area contributed by atoms with Crippen LogP contribution in [0.25, 0.3) is 5.82 Å². The van der Waals surface area contributed by atoms with Gasteiger partial charge in [0.15, 0.2) is 5.82 Å². The molecule has 0 aliphatic carbocycles. The lowest BCUT2D eigenvalue weighted by Gasteiger charge is -2.37. The zero-order valence-corrected chi connectivity index (χ0v) is 20.1. The maximum Gasteiger partial charge on any atom is 0.228 e. The van der Waals surface area contributed by atoms with E-state index in [2.05, 4.69) is 16.8 Å². The van der Waals surface area contributed by atoms with Gasteiger partial charge in [-0.05, 0) is 50.2 Å². The third kappa shape index (κ3) is 4.14. The molecule has 0 radical (unpaired) electrons. The summed E-state index contributed by atoms with van der Waals surface area (Å²) < 4.78 is 1.87. The van der Waals surface area contributed by atoms with Crippen LogP contribution in [0.2, 0.25) is 5.02 Å². The monoisotopic (exact) mass is 478 g/mol. The second kappa shape index (κ2) is 9.10. The van der Waals surface area contributed by atoms with Crippen LogP contribution >= 0.6 is 11.6 Å². The Balaban J connectivity index is 1.24. The molecule has 2 aliphatic heterocycles. The number of pyridine rings is 1. The van der Waals surface area contributed by atoms with E-state index in [0.717, 1.165) is 41.7 Å². The lowest BCUT2D eigenvalue weighted by molar-refractivity contribution is -0.136. The van der Waals surface area contributed by atoms with Crippen molar-refractivity contribution in [2.24, 2.45) is 5.92 Å². The molecule has 5 rings (SSSR count). The Bertz CT molecular complexity index is 1200. The normalized spacial score (nSPS) is 18.6. The summed E-state index contributed by atoms with van der Waals surface area (Å²) in [5.41, 5.74) is 3.87. The number of piperazine rings is 1. The molecule has 2 saturated heterocycles. The van der Waals surface area contributed by atoms with Gasteiger partial charge in [0.2, 0.25) is 11.8 Å². The number of amides is 2. The fourth-order valence-corrected chi connectivity index (χ4v) is 5.07. The highest BCUT2D eigenvalue weighted by molar-refractivity contribution is 6.30. The molecule has 8 nitrogen and oxygen atoms in total. The van der Waals surface area contributed by atoms with Crippen LogP contribution in [0.15, 0.2) is 48.7 Å². The van der Waals surface area contributed by atoms with Gasteiger partial charge in [-0.3, -0.25) is 9.59 Å². The van der Waals surface area contributed by atoms with E-state index in [-0.39, 0.29) is 24.2 Å². The Labute approximate surface area is 203 Å². The van der Waals surface area contributed by atoms with Crippen LogP contribution in [0.3, 0.4) is 0 Å². The molecule has 1 unspecified atom stereocenters. The number of aromatic nitrogens is 3. The van der Waals surface area contributed by atoms with E-state index in [1.54, 1.807) is 23.2 Å². The zero-order chi connectivity index (χ0) is 23.8. The van der Waals surface area contributed by atoms with Crippen molar-refractivity contribution in [3.63, 3.8) is 0 Å². The molecule has 0 bridgehead atoms. The number of hydrogen-bond donors (Lipinski definition) is 0. The number of aryl methyl sites for hydroxylation is 1. The molecule has 2 aliphatic rings. The van der Waals surface area contributed by atoms with Crippen molar-refractivity contribution in [3.05, 3.63) is 65.1 Å². The molecule has 9 heteroatoms. The minimum atomic E-state index is -0.315. The molecule has 2 amide bonds. The molecular formula is C25H27ClN6O2. The molecular weight excluding hydrogens is 452 g/mol. The molecule has 0 N–H and O–H groups in total. The molecule has 34 heavy (non-hydrogen) atoms. The van der Waals surface area contributed by atoms with E-state index in [4.69, 9.17) is 16.7 Å². The maximum absolute atomic E-state index is 13.2. The largest absolute Gasteiger partial charge is 0.365 e. The van der Waals surface area contributed by atoms with E-state index in [9.17, 15) is 9.59 Å². The summed E-state index contributed by atoms with van der Waals surface area (Å²) >= 11 is 5.97. The van der Waals surface area contributed by atoms with E-state index in [1.807, 2.05) is 46.8 Å². The van der Waals surface area contributed by atoms with Gasteiger partial charge in [0, 0.05) is 56.1 Å². The number of carbonyl (C=O) groups is 2. The highest BCUT2D eigenvalue weighted by Crippen LogP contribution is 2.30. The standard InChI is InChI=1S/C25H27ClN6O2/c1-17-24(18(2)32(28-17)22-5-3-4-10-27-22)29-11-13-30(14-12-29)25(34)19-15-23(33)31(16-19)21-8-6-20(26)7-9-21/h3-10,19H,11-16H2,1-2H3. The maximum atomic E-state index is 13.2. The second-order valence-corrected chi connectivity index (χ2v) is 9.25. The molecule has 4 heterocycles. The average Bonchev–Trinajstić information content (AvgIpc) is 3.39. The first-order valence-corrected chi connectivity index (χ1v) is 11.9. The van der Waals surface area contributed by atoms with Gasteiger partial charge in [-0.15, -0.1) is 0 Å². The Kier molecular flexibility index (Phi) is 6.00. The van der Waals surface area contributed by atoms with Gasteiger partial charge < -0.3 is 14.7 Å². The zero-order valence-electron chi connectivity index (χ0n) is 19.3. The number of benzene rings is 1. The average molecular weight is 479 g/mol. The highest BCUT2D eigenvalue weighted by atomic mass is 35.5. The van der Waals surface area contributed by atoms with Crippen LogP contribution in [-0.4, -0.2) is 64.2 Å². The van der Waals surface area contributed by atoms with Crippen molar-refractivity contribution in [3.8, 4) is 5.82 Å². The van der Waals surface area contributed by atoms with Crippen molar-refractivity contribution in [2.75, 3.05) is 42.5 Å². The Morgan fingerprint density at radius 2 is 1.76 bits per heavy atom. The lowest BCUT2D eigenvalue weighted by atomic mass is 10.1. The van der Waals surface area contributed by atoms with Gasteiger partial charge in [-0.25, -0.2) is 9.67 Å². The SMILES string of the molecule is Cc1nn(-c2ccccn2)c(C)c1N1CCN(C(=O)C2CC(=O)N(c3ccc(Cl)cc3)C2)CC1. The molecule has 2 fully saturated rings. The molecule has 176 valence electrons. The van der Waals surface area contributed by atoms with E-state index >= 15 is 0 Å². The first-order valence-electron chi connectivity index (χ1n) is 11.5. The molecule has 0 spiro atoms. The van der Waals surface area contributed by atoms with Gasteiger partial charge in [0.25, 0.3) is 0 Å². The quantitative estimate of drug-likeness (QED) is 0.575. The minimum absolute atomic E-state index is 0.0208. The Morgan fingerprint density at radius 3 is 2.44 bits per heavy atom. The summed E-state index contributed by atoms with van der Waals surface area (Å²) in [5, 5.41) is 5.33. The number of anilines is 2. The van der Waals surface area contributed by atoms with E-state index in [1.165, 1.54) is 0 Å². The number of halogens is 1. The highest BCUT2D eigenvalue weighted by Gasteiger charge is 2.38. The fraction of sp³-hybridized carbons (Fsp3) is 0.360. The topological polar surface area (TPSA) is 74.6 Å². The fourth-order valence-electron chi connectivity index (χ4n) is 4.95. The third-order valence-corrected chi connectivity index (χ3v) is 6.89. The summed E-state index contributed by atoms with van der Waals surface area (Å²) in [6.07, 6.45) is 2.01. The molecule has 0 saturated carbocycles. The van der Waals surface area contributed by atoms with Crippen LogP contribution in [0, 0.1) is 19.8 Å². The Morgan fingerprint density at radius 1 is 1.03 bits per heavy atom. The van der Waals surface area contributed by atoms with Gasteiger partial charge >= 0.3 is 0 Å². The van der Waals surface area contributed by atoms with Crippen molar-refractivity contribution in [1.82, 2.24) is 19.7 Å². The second-order valence-electron chi connectivity index (χ2n) is 8.81. The minimum Gasteiger partial charge on any atom is -0.365 e. The van der Waals surface area contributed by atoms with Crippen LogP contribution in [0.5, 0.6) is 0 Å². The Hall–Kier alpha value is -3.39. The van der Waals surface area contributed by atoms with Crippen LogP contribution in [-0.2, 0) is 9.59 Å². The van der Waals surface area contributed by atoms with Gasteiger partial charge in [0.05, 0.1) is 23.0 Å². The third-order valence-electron chi connectivity index (χ3n) is 6.64. The van der Waals surface area contributed by atoms with Gasteiger partial charge in [-0.1, -0.05) is 17.7 Å². The summed E-state index contributed by atoms with van der Waals surface area (Å²) in [6, 6.07) is 12.9.